The molecule has 2 amide bonds. The Morgan fingerprint density at radius 3 is 2.70 bits per heavy atom. The van der Waals surface area contributed by atoms with E-state index in [1.54, 1.807) is 34.1 Å². The van der Waals surface area contributed by atoms with Gasteiger partial charge in [-0.2, -0.15) is 0 Å². The minimum Gasteiger partial charge on any atom is -0.392 e. The second-order valence-corrected chi connectivity index (χ2v) is 16.4. The number of hydrogen-bond donors (Lipinski definition) is 3. The number of benzene rings is 1. The number of piperazine rings is 1. The van der Waals surface area contributed by atoms with Crippen LogP contribution >= 0.6 is 0 Å². The lowest BCUT2D eigenvalue weighted by Crippen LogP contribution is -2.56. The van der Waals surface area contributed by atoms with Crippen molar-refractivity contribution in [2.75, 3.05) is 59.8 Å². The standard InChI is InChI=1S/C42H49N11O4/c1-5-36(55)46-32-21-28(6-7-33(32)50-15-14-49(24-26(50)2)29-9-18-57-19-10-29)45-38-40-44-12-13-53(40)48-37(47-38)30-8-11-43-39(31(30)25-54)52-17-16-51-34(41(52)56)20-27-22-42(3,4)23-35(27)51/h5-8,11-13,20-21,26,29,54H,1,9-10,14-19,22-25H2,2-4H3,(H,46,55)(H,45,47,48). The van der Waals surface area contributed by atoms with E-state index in [1.807, 2.05) is 24.3 Å². The first-order chi connectivity index (χ1) is 27.6. The molecule has 4 aliphatic rings. The lowest BCUT2D eigenvalue weighted by molar-refractivity contribution is -0.111. The van der Waals surface area contributed by atoms with E-state index in [0.717, 1.165) is 64.2 Å². The second kappa shape index (κ2) is 14.7. The Morgan fingerprint density at radius 2 is 1.91 bits per heavy atom. The molecule has 9 rings (SSSR count). The third-order valence-corrected chi connectivity index (χ3v) is 11.9. The Morgan fingerprint density at radius 1 is 1.07 bits per heavy atom. The molecule has 0 bridgehead atoms. The van der Waals surface area contributed by atoms with E-state index in [1.165, 1.54) is 17.3 Å². The quantitative estimate of drug-likeness (QED) is 0.177. The van der Waals surface area contributed by atoms with E-state index in [-0.39, 0.29) is 29.9 Å². The van der Waals surface area contributed by atoms with E-state index in [0.29, 0.717) is 70.4 Å². The molecular formula is C42H49N11O4. The van der Waals surface area contributed by atoms with Crippen molar-refractivity contribution in [3.8, 4) is 11.4 Å². The van der Waals surface area contributed by atoms with Crippen molar-refractivity contribution >= 4 is 46.2 Å². The van der Waals surface area contributed by atoms with Gasteiger partial charge in [0.25, 0.3) is 5.91 Å². The molecule has 4 aromatic heterocycles. The van der Waals surface area contributed by atoms with E-state index in [4.69, 9.17) is 14.8 Å². The Kier molecular flexibility index (Phi) is 9.53. The van der Waals surface area contributed by atoms with Gasteiger partial charge in [0.1, 0.15) is 11.5 Å². The Labute approximate surface area is 331 Å². The van der Waals surface area contributed by atoms with Gasteiger partial charge in [0.2, 0.25) is 5.91 Å². The molecule has 1 aromatic carbocycles. The number of imidazole rings is 1. The molecule has 1 atom stereocenters. The summed E-state index contributed by atoms with van der Waals surface area (Å²) in [6.45, 7) is 15.4. The number of hydrogen-bond acceptors (Lipinski definition) is 11. The minimum atomic E-state index is -0.377. The van der Waals surface area contributed by atoms with Gasteiger partial charge in [-0.15, -0.1) is 5.10 Å². The maximum atomic E-state index is 14.0. The van der Waals surface area contributed by atoms with E-state index < -0.39 is 0 Å². The van der Waals surface area contributed by atoms with Crippen LogP contribution in [0.15, 0.2) is 61.6 Å². The third kappa shape index (κ3) is 6.83. The van der Waals surface area contributed by atoms with Crippen LogP contribution in [0, 0.1) is 5.41 Å². The number of fused-ring (bicyclic) bond motifs is 4. The molecule has 3 aliphatic heterocycles. The number of aliphatic hydroxyl groups is 1. The summed E-state index contributed by atoms with van der Waals surface area (Å²) in [4.78, 5) is 47.4. The van der Waals surface area contributed by atoms with Crippen LogP contribution in [0.1, 0.15) is 60.9 Å². The zero-order chi connectivity index (χ0) is 39.4. The van der Waals surface area contributed by atoms with Crippen molar-refractivity contribution in [2.24, 2.45) is 5.41 Å². The summed E-state index contributed by atoms with van der Waals surface area (Å²) < 4.78 is 9.40. The molecule has 5 aromatic rings. The molecule has 0 spiro atoms. The van der Waals surface area contributed by atoms with Gasteiger partial charge in [-0.05, 0) is 80.0 Å². The molecule has 3 N–H and O–H groups in total. The van der Waals surface area contributed by atoms with Crippen molar-refractivity contribution in [3.05, 3.63) is 84.1 Å². The number of anilines is 5. The van der Waals surface area contributed by atoms with Crippen molar-refractivity contribution in [1.29, 1.82) is 0 Å². The van der Waals surface area contributed by atoms with Gasteiger partial charge in [0.05, 0.1) is 18.0 Å². The summed E-state index contributed by atoms with van der Waals surface area (Å²) in [5, 5.41) is 22.1. The Balaban J connectivity index is 1.01. The van der Waals surface area contributed by atoms with Crippen LogP contribution in [0.25, 0.3) is 17.0 Å². The van der Waals surface area contributed by atoms with Gasteiger partial charge in [-0.3, -0.25) is 19.4 Å². The highest BCUT2D eigenvalue weighted by atomic mass is 16.5. The number of aliphatic hydroxyl groups excluding tert-OH is 1. The SMILES string of the molecule is C=CC(=O)Nc1cc(Nc2nc(-c3ccnc(N4CCn5c(cc6c5CC(C)(C)C6)C4=O)c3CO)nn3ccnc23)ccc1N1CCN(C2CCOCC2)CC1C. The van der Waals surface area contributed by atoms with E-state index >= 15 is 0 Å². The molecule has 0 saturated carbocycles. The average Bonchev–Trinajstić information content (AvgIpc) is 3.91. The number of aromatic nitrogens is 6. The van der Waals surface area contributed by atoms with Crippen molar-refractivity contribution in [3.63, 3.8) is 0 Å². The molecular weight excluding hydrogens is 723 g/mol. The Hall–Kier alpha value is -5.64. The molecule has 2 fully saturated rings. The number of nitrogens with one attached hydrogen (secondary N) is 2. The molecule has 7 heterocycles. The molecule has 15 heteroatoms. The van der Waals surface area contributed by atoms with Crippen LogP contribution in [0.3, 0.4) is 0 Å². The predicted octanol–water partition coefficient (Wildman–Crippen LogP) is 4.82. The van der Waals surface area contributed by atoms with Crippen molar-refractivity contribution < 1.29 is 19.4 Å². The largest absolute Gasteiger partial charge is 0.392 e. The van der Waals surface area contributed by atoms with Crippen molar-refractivity contribution in [2.45, 2.75) is 71.7 Å². The number of carbonyl (C=O) groups is 2. The van der Waals surface area contributed by atoms with Gasteiger partial charge in [0.15, 0.2) is 17.3 Å². The van der Waals surface area contributed by atoms with Gasteiger partial charge in [-0.25, -0.2) is 19.5 Å². The van der Waals surface area contributed by atoms with Crippen LogP contribution in [0.4, 0.5) is 28.7 Å². The number of pyridine rings is 1. The highest BCUT2D eigenvalue weighted by Gasteiger charge is 2.38. The van der Waals surface area contributed by atoms with Gasteiger partial charge in [-0.1, -0.05) is 20.4 Å². The van der Waals surface area contributed by atoms with Gasteiger partial charge >= 0.3 is 0 Å². The molecule has 1 unspecified atom stereocenters. The maximum absolute atomic E-state index is 14.0. The molecule has 2 saturated heterocycles. The van der Waals surface area contributed by atoms with Crippen LogP contribution in [0.5, 0.6) is 0 Å². The second-order valence-electron chi connectivity index (χ2n) is 16.4. The number of carbonyl (C=O) groups excluding carboxylic acids is 2. The van der Waals surface area contributed by atoms with Gasteiger partial charge < -0.3 is 29.9 Å². The zero-order valence-electron chi connectivity index (χ0n) is 32.7. The number of nitrogens with zero attached hydrogens (tertiary/aromatic N) is 9. The first-order valence-electron chi connectivity index (χ1n) is 19.9. The summed E-state index contributed by atoms with van der Waals surface area (Å²) in [5.74, 6) is 0.680. The summed E-state index contributed by atoms with van der Waals surface area (Å²) in [6.07, 6.45) is 10.3. The first-order valence-corrected chi connectivity index (χ1v) is 19.9. The molecule has 296 valence electrons. The smallest absolute Gasteiger partial charge is 0.276 e. The lowest BCUT2D eigenvalue weighted by atomic mass is 9.90. The highest BCUT2D eigenvalue weighted by molar-refractivity contribution is 6.06. The number of rotatable bonds is 9. The molecule has 15 nitrogen and oxygen atoms in total. The zero-order valence-corrected chi connectivity index (χ0v) is 32.7. The maximum Gasteiger partial charge on any atom is 0.276 e. The van der Waals surface area contributed by atoms with Crippen LogP contribution in [-0.4, -0.2) is 102 Å². The normalized spacial score (nSPS) is 19.8. The number of ether oxygens (including phenoxy) is 1. The summed E-state index contributed by atoms with van der Waals surface area (Å²) in [6, 6.07) is 10.4. The van der Waals surface area contributed by atoms with Crippen LogP contribution in [-0.2, 0) is 35.5 Å². The monoisotopic (exact) mass is 771 g/mol. The van der Waals surface area contributed by atoms with E-state index in [2.05, 4.69) is 62.3 Å². The molecule has 1 aliphatic carbocycles. The lowest BCUT2D eigenvalue weighted by Gasteiger charge is -2.45. The highest BCUT2D eigenvalue weighted by Crippen LogP contribution is 2.40. The summed E-state index contributed by atoms with van der Waals surface area (Å²) in [7, 11) is 0. The minimum absolute atomic E-state index is 0.139. The average molecular weight is 772 g/mol. The summed E-state index contributed by atoms with van der Waals surface area (Å²) >= 11 is 0. The third-order valence-electron chi connectivity index (χ3n) is 11.9. The van der Waals surface area contributed by atoms with Crippen LogP contribution < -0.4 is 20.4 Å². The summed E-state index contributed by atoms with van der Waals surface area (Å²) in [5.41, 5.74) is 7.06. The number of amides is 2. The topological polar surface area (TPSA) is 158 Å². The van der Waals surface area contributed by atoms with E-state index in [9.17, 15) is 14.7 Å². The fraction of sp³-hybridized carbons (Fsp3) is 0.429. The predicted molar refractivity (Wildman–Crippen MR) is 218 cm³/mol. The van der Waals surface area contributed by atoms with Crippen molar-refractivity contribution in [1.82, 2.24) is 34.0 Å². The molecule has 57 heavy (non-hydrogen) atoms. The van der Waals surface area contributed by atoms with Crippen LogP contribution in [0.2, 0.25) is 0 Å². The Bertz CT molecular complexity index is 2380. The fourth-order valence-corrected chi connectivity index (χ4v) is 9.23. The first kappa shape index (κ1) is 37.0. The molecule has 0 radical (unpaired) electrons. The van der Waals surface area contributed by atoms with Gasteiger partial charge in [0, 0.05) is 99.1 Å². The fourth-order valence-electron chi connectivity index (χ4n) is 9.23.